The molecular formula is C13H22N2O2. The van der Waals surface area contributed by atoms with E-state index in [1.165, 1.54) is 19.3 Å². The molecule has 2 fully saturated rings. The molecule has 96 valence electrons. The van der Waals surface area contributed by atoms with Crippen LogP contribution in [0.25, 0.3) is 0 Å². The van der Waals surface area contributed by atoms with E-state index in [9.17, 15) is 5.26 Å². The highest BCUT2D eigenvalue weighted by molar-refractivity contribution is 4.98. The summed E-state index contributed by atoms with van der Waals surface area (Å²) >= 11 is 0. The van der Waals surface area contributed by atoms with Crippen molar-refractivity contribution in [3.8, 4) is 6.07 Å². The van der Waals surface area contributed by atoms with E-state index in [4.69, 9.17) is 9.57 Å². The van der Waals surface area contributed by atoms with Gasteiger partial charge in [0.25, 0.3) is 0 Å². The highest BCUT2D eigenvalue weighted by Gasteiger charge is 2.43. The van der Waals surface area contributed by atoms with Crippen LogP contribution < -0.4 is 0 Å². The van der Waals surface area contributed by atoms with Crippen molar-refractivity contribution in [1.29, 1.82) is 5.26 Å². The highest BCUT2D eigenvalue weighted by Crippen LogP contribution is 2.33. The molecule has 1 aliphatic heterocycles. The third-order valence-electron chi connectivity index (χ3n) is 3.58. The molecule has 1 saturated carbocycles. The van der Waals surface area contributed by atoms with Gasteiger partial charge in [-0.05, 0) is 33.6 Å². The Bertz CT molecular complexity index is 305. The summed E-state index contributed by atoms with van der Waals surface area (Å²) in [7, 11) is 0. The molecule has 0 aromatic heterocycles. The van der Waals surface area contributed by atoms with Crippen LogP contribution in [-0.4, -0.2) is 29.0 Å². The lowest BCUT2D eigenvalue weighted by molar-refractivity contribution is -0.408. The van der Waals surface area contributed by atoms with Crippen LogP contribution in [0.3, 0.4) is 0 Å². The molecule has 0 spiro atoms. The van der Waals surface area contributed by atoms with Gasteiger partial charge in [0.1, 0.15) is 6.04 Å². The normalized spacial score (nSPS) is 35.4. The van der Waals surface area contributed by atoms with Gasteiger partial charge in [-0.15, -0.1) is 0 Å². The van der Waals surface area contributed by atoms with Crippen LogP contribution in [-0.2, 0) is 9.57 Å². The Balaban J connectivity index is 2.13. The minimum absolute atomic E-state index is 0.106. The van der Waals surface area contributed by atoms with Gasteiger partial charge >= 0.3 is 0 Å². The van der Waals surface area contributed by atoms with Gasteiger partial charge in [0.05, 0.1) is 12.2 Å². The van der Waals surface area contributed by atoms with Crippen molar-refractivity contribution in [3.05, 3.63) is 0 Å². The first-order valence-electron chi connectivity index (χ1n) is 6.58. The summed E-state index contributed by atoms with van der Waals surface area (Å²) in [5, 5.41) is 11.2. The minimum Gasteiger partial charge on any atom is -0.343 e. The monoisotopic (exact) mass is 238 g/mol. The van der Waals surface area contributed by atoms with E-state index >= 15 is 0 Å². The van der Waals surface area contributed by atoms with Crippen LogP contribution in [0.4, 0.5) is 0 Å². The van der Waals surface area contributed by atoms with Crippen molar-refractivity contribution < 1.29 is 9.57 Å². The fraction of sp³-hybridized carbons (Fsp3) is 0.923. The molecular weight excluding hydrogens is 216 g/mol. The van der Waals surface area contributed by atoms with E-state index in [1.807, 2.05) is 25.8 Å². The van der Waals surface area contributed by atoms with Gasteiger partial charge in [0.2, 0.25) is 0 Å². The summed E-state index contributed by atoms with van der Waals surface area (Å²) in [5.41, 5.74) is 0. The summed E-state index contributed by atoms with van der Waals surface area (Å²) in [6.45, 7) is 5.77. The van der Waals surface area contributed by atoms with E-state index in [1.54, 1.807) is 0 Å². The lowest BCUT2D eigenvalue weighted by Gasteiger charge is -2.47. The number of nitrogens with zero attached hydrogens (tertiary/aromatic N) is 2. The summed E-state index contributed by atoms with van der Waals surface area (Å²) in [6.07, 6.45) is 5.92. The standard InChI is InChI=1S/C13H22N2O2/c1-10-12(9-14)15(17-13(2,3)16-10)11-7-5-4-6-8-11/h10-12H,4-8H2,1-3H3. The Kier molecular flexibility index (Phi) is 3.72. The predicted octanol–water partition coefficient (Wildman–Crippen LogP) is 2.60. The Morgan fingerprint density at radius 2 is 1.88 bits per heavy atom. The molecule has 0 aromatic carbocycles. The van der Waals surface area contributed by atoms with Crippen molar-refractivity contribution in [3.63, 3.8) is 0 Å². The fourth-order valence-corrected chi connectivity index (χ4v) is 2.85. The SMILES string of the molecule is CC1OC(C)(C)ON(C2CCCCC2)C1C#N. The summed E-state index contributed by atoms with van der Waals surface area (Å²) in [4.78, 5) is 5.88. The number of rotatable bonds is 1. The second kappa shape index (κ2) is 4.93. The van der Waals surface area contributed by atoms with Gasteiger partial charge in [0.15, 0.2) is 5.79 Å². The van der Waals surface area contributed by atoms with Gasteiger partial charge in [-0.2, -0.15) is 10.3 Å². The van der Waals surface area contributed by atoms with Crippen LogP contribution in [0.5, 0.6) is 0 Å². The largest absolute Gasteiger partial charge is 0.343 e. The molecule has 2 rings (SSSR count). The van der Waals surface area contributed by atoms with Crippen LogP contribution in [0.2, 0.25) is 0 Å². The van der Waals surface area contributed by atoms with E-state index in [-0.39, 0.29) is 12.1 Å². The third kappa shape index (κ3) is 2.79. The fourth-order valence-electron chi connectivity index (χ4n) is 2.85. The zero-order chi connectivity index (χ0) is 12.5. The minimum atomic E-state index is -0.621. The van der Waals surface area contributed by atoms with Crippen molar-refractivity contribution in [2.75, 3.05) is 0 Å². The number of hydrogen-bond donors (Lipinski definition) is 0. The van der Waals surface area contributed by atoms with E-state index in [0.29, 0.717) is 6.04 Å². The van der Waals surface area contributed by atoms with Gasteiger partial charge in [-0.25, -0.2) is 0 Å². The van der Waals surface area contributed by atoms with Gasteiger partial charge in [-0.3, -0.25) is 4.84 Å². The summed E-state index contributed by atoms with van der Waals surface area (Å²) in [6, 6.07) is 2.40. The van der Waals surface area contributed by atoms with Crippen LogP contribution in [0.15, 0.2) is 0 Å². The quantitative estimate of drug-likeness (QED) is 0.704. The van der Waals surface area contributed by atoms with E-state index in [2.05, 4.69) is 6.07 Å². The predicted molar refractivity (Wildman–Crippen MR) is 63.8 cm³/mol. The number of nitriles is 1. The number of ether oxygens (including phenoxy) is 1. The first kappa shape index (κ1) is 12.8. The molecule has 17 heavy (non-hydrogen) atoms. The third-order valence-corrected chi connectivity index (χ3v) is 3.58. The van der Waals surface area contributed by atoms with Crippen molar-refractivity contribution in [1.82, 2.24) is 5.06 Å². The highest BCUT2D eigenvalue weighted by atomic mass is 16.8. The van der Waals surface area contributed by atoms with E-state index < -0.39 is 5.79 Å². The summed E-state index contributed by atoms with van der Waals surface area (Å²) in [5.74, 6) is -0.621. The Labute approximate surface area is 103 Å². The average molecular weight is 238 g/mol. The zero-order valence-electron chi connectivity index (χ0n) is 11.0. The molecule has 2 atom stereocenters. The topological polar surface area (TPSA) is 45.5 Å². The maximum atomic E-state index is 9.28. The maximum Gasteiger partial charge on any atom is 0.182 e. The van der Waals surface area contributed by atoms with Crippen molar-refractivity contribution >= 4 is 0 Å². The number of hydroxylamine groups is 2. The van der Waals surface area contributed by atoms with Crippen LogP contribution in [0.1, 0.15) is 52.9 Å². The molecule has 1 saturated heterocycles. The smallest absolute Gasteiger partial charge is 0.182 e. The zero-order valence-corrected chi connectivity index (χ0v) is 11.0. The van der Waals surface area contributed by atoms with Gasteiger partial charge in [0, 0.05) is 6.04 Å². The molecule has 0 aromatic rings. The molecule has 2 unspecified atom stereocenters. The molecule has 0 bridgehead atoms. The van der Waals surface area contributed by atoms with Gasteiger partial charge < -0.3 is 4.74 Å². The van der Waals surface area contributed by atoms with Crippen molar-refractivity contribution in [2.24, 2.45) is 0 Å². The lowest BCUT2D eigenvalue weighted by Crippen LogP contribution is -2.59. The molecule has 4 heteroatoms. The molecule has 1 aliphatic carbocycles. The Morgan fingerprint density at radius 1 is 1.24 bits per heavy atom. The maximum absolute atomic E-state index is 9.28. The first-order valence-corrected chi connectivity index (χ1v) is 6.58. The first-order chi connectivity index (χ1) is 8.03. The van der Waals surface area contributed by atoms with Crippen LogP contribution in [0, 0.1) is 11.3 Å². The second-order valence-electron chi connectivity index (χ2n) is 5.54. The lowest BCUT2D eigenvalue weighted by atomic mass is 9.94. The van der Waals surface area contributed by atoms with Crippen LogP contribution >= 0.6 is 0 Å². The molecule has 1 heterocycles. The molecule has 4 nitrogen and oxygen atoms in total. The summed E-state index contributed by atoms with van der Waals surface area (Å²) < 4.78 is 5.71. The molecule has 0 N–H and O–H groups in total. The average Bonchev–Trinajstić information content (AvgIpc) is 2.28. The molecule has 2 aliphatic rings. The Morgan fingerprint density at radius 3 is 2.47 bits per heavy atom. The van der Waals surface area contributed by atoms with E-state index in [0.717, 1.165) is 12.8 Å². The second-order valence-corrected chi connectivity index (χ2v) is 5.54. The Hall–Kier alpha value is -0.630. The molecule has 0 radical (unpaired) electrons. The van der Waals surface area contributed by atoms with Crippen molar-refractivity contribution in [2.45, 2.75) is 76.9 Å². The molecule has 0 amide bonds. The van der Waals surface area contributed by atoms with Gasteiger partial charge in [-0.1, -0.05) is 19.3 Å². The number of hydrogen-bond acceptors (Lipinski definition) is 4.